The number of hydrogen-bond acceptors (Lipinski definition) is 4. The normalized spacial score (nSPS) is 16.9. The number of ether oxygens (including phenoxy) is 2. The summed E-state index contributed by atoms with van der Waals surface area (Å²) in [7, 11) is 3.22. The Balaban J connectivity index is 1.73. The number of amides is 2. The molecule has 1 aliphatic heterocycles. The van der Waals surface area contributed by atoms with E-state index in [1.165, 1.54) is 6.42 Å². The molecule has 0 saturated carbocycles. The first kappa shape index (κ1) is 20.1. The fourth-order valence-corrected chi connectivity index (χ4v) is 3.30. The zero-order valence-corrected chi connectivity index (χ0v) is 16.0. The zero-order chi connectivity index (χ0) is 18.9. The van der Waals surface area contributed by atoms with Gasteiger partial charge in [-0.3, -0.25) is 9.59 Å². The Morgan fingerprint density at radius 2 is 2.04 bits per heavy atom. The molecule has 6 heteroatoms. The summed E-state index contributed by atoms with van der Waals surface area (Å²) in [5.74, 6) is 2.12. The molecule has 0 spiro atoms. The molecular formula is C20H30N2O4. The number of aryl methyl sites for hydroxylation is 1. The maximum absolute atomic E-state index is 12.2. The van der Waals surface area contributed by atoms with Crippen LogP contribution in [0.15, 0.2) is 18.2 Å². The Labute approximate surface area is 155 Å². The first-order chi connectivity index (χ1) is 12.5. The summed E-state index contributed by atoms with van der Waals surface area (Å²) >= 11 is 0. The van der Waals surface area contributed by atoms with Gasteiger partial charge in [0.25, 0.3) is 0 Å². The van der Waals surface area contributed by atoms with Gasteiger partial charge in [0.2, 0.25) is 11.8 Å². The second-order valence-corrected chi connectivity index (χ2v) is 6.86. The number of carbonyl (C=O) groups is 2. The molecule has 2 rings (SSSR count). The highest BCUT2D eigenvalue weighted by Crippen LogP contribution is 2.25. The standard InChI is InChI=1S/C20H30N2O4/c1-15-5-4-12-22(14-15)20(24)10-11-21-19(23)9-6-16-13-17(25-2)7-8-18(16)26-3/h7-8,13,15H,4-6,9-12,14H2,1-3H3,(H,21,23). The minimum Gasteiger partial charge on any atom is -0.497 e. The lowest BCUT2D eigenvalue weighted by Gasteiger charge is -2.31. The van der Waals surface area contributed by atoms with E-state index in [0.29, 0.717) is 31.7 Å². The van der Waals surface area contributed by atoms with E-state index in [4.69, 9.17) is 9.47 Å². The molecule has 0 aliphatic carbocycles. The summed E-state index contributed by atoms with van der Waals surface area (Å²) in [5.41, 5.74) is 0.931. The molecule has 1 aliphatic rings. The Morgan fingerprint density at radius 1 is 1.23 bits per heavy atom. The molecule has 1 atom stereocenters. The molecule has 1 unspecified atom stereocenters. The maximum atomic E-state index is 12.2. The van der Waals surface area contributed by atoms with E-state index in [-0.39, 0.29) is 11.8 Å². The van der Waals surface area contributed by atoms with Gasteiger partial charge < -0.3 is 19.7 Å². The molecule has 1 aromatic rings. The number of benzene rings is 1. The number of methoxy groups -OCH3 is 2. The predicted molar refractivity (Wildman–Crippen MR) is 100 cm³/mol. The monoisotopic (exact) mass is 362 g/mol. The van der Waals surface area contributed by atoms with Gasteiger partial charge in [-0.25, -0.2) is 0 Å². The molecule has 26 heavy (non-hydrogen) atoms. The van der Waals surface area contributed by atoms with E-state index >= 15 is 0 Å². The minimum absolute atomic E-state index is 0.0605. The average Bonchev–Trinajstić information content (AvgIpc) is 2.66. The molecule has 1 saturated heterocycles. The molecule has 0 radical (unpaired) electrons. The van der Waals surface area contributed by atoms with Gasteiger partial charge in [0, 0.05) is 32.5 Å². The van der Waals surface area contributed by atoms with Crippen molar-refractivity contribution in [1.82, 2.24) is 10.2 Å². The fraction of sp³-hybridized carbons (Fsp3) is 0.600. The molecule has 6 nitrogen and oxygen atoms in total. The zero-order valence-electron chi connectivity index (χ0n) is 16.0. The quantitative estimate of drug-likeness (QED) is 0.771. The Morgan fingerprint density at radius 3 is 2.73 bits per heavy atom. The molecule has 144 valence electrons. The average molecular weight is 362 g/mol. The SMILES string of the molecule is COc1ccc(OC)c(CCC(=O)NCCC(=O)N2CCCC(C)C2)c1. The number of piperidine rings is 1. The Bertz CT molecular complexity index is 618. The molecule has 1 fully saturated rings. The molecular weight excluding hydrogens is 332 g/mol. The van der Waals surface area contributed by atoms with E-state index in [2.05, 4.69) is 12.2 Å². The lowest BCUT2D eigenvalue weighted by atomic mass is 10.00. The van der Waals surface area contributed by atoms with Crippen molar-refractivity contribution in [2.24, 2.45) is 5.92 Å². The van der Waals surface area contributed by atoms with E-state index in [0.717, 1.165) is 36.6 Å². The van der Waals surface area contributed by atoms with Gasteiger partial charge in [-0.05, 0) is 48.9 Å². The van der Waals surface area contributed by atoms with Crippen LogP contribution in [0.4, 0.5) is 0 Å². The van der Waals surface area contributed by atoms with E-state index in [9.17, 15) is 9.59 Å². The van der Waals surface area contributed by atoms with Crippen molar-refractivity contribution in [3.8, 4) is 11.5 Å². The largest absolute Gasteiger partial charge is 0.497 e. The summed E-state index contributed by atoms with van der Waals surface area (Å²) in [6.45, 7) is 4.24. The van der Waals surface area contributed by atoms with Gasteiger partial charge >= 0.3 is 0 Å². The molecule has 1 N–H and O–H groups in total. The molecule has 0 bridgehead atoms. The number of rotatable bonds is 8. The van der Waals surface area contributed by atoms with E-state index in [1.54, 1.807) is 14.2 Å². The maximum Gasteiger partial charge on any atom is 0.224 e. The molecule has 2 amide bonds. The molecule has 0 aromatic heterocycles. The van der Waals surface area contributed by atoms with Crippen LogP contribution in [0.25, 0.3) is 0 Å². The van der Waals surface area contributed by atoms with Crippen LogP contribution in [-0.4, -0.2) is 50.6 Å². The van der Waals surface area contributed by atoms with Gasteiger partial charge in [-0.2, -0.15) is 0 Å². The second kappa shape index (κ2) is 10.0. The minimum atomic E-state index is -0.0605. The third kappa shape index (κ3) is 5.93. The van der Waals surface area contributed by atoms with Gasteiger partial charge in [0.15, 0.2) is 0 Å². The Kier molecular flexibility index (Phi) is 7.75. The third-order valence-corrected chi connectivity index (χ3v) is 4.78. The van der Waals surface area contributed by atoms with Crippen molar-refractivity contribution in [2.45, 2.75) is 39.0 Å². The topological polar surface area (TPSA) is 67.9 Å². The van der Waals surface area contributed by atoms with Crippen molar-refractivity contribution < 1.29 is 19.1 Å². The van der Waals surface area contributed by atoms with Gasteiger partial charge in [-0.1, -0.05) is 6.92 Å². The summed E-state index contributed by atoms with van der Waals surface area (Å²) in [4.78, 5) is 26.2. The lowest BCUT2D eigenvalue weighted by molar-refractivity contribution is -0.132. The highest BCUT2D eigenvalue weighted by molar-refractivity contribution is 5.79. The van der Waals surface area contributed by atoms with Crippen LogP contribution in [0, 0.1) is 5.92 Å². The highest BCUT2D eigenvalue weighted by Gasteiger charge is 2.20. The van der Waals surface area contributed by atoms with Crippen molar-refractivity contribution >= 4 is 11.8 Å². The smallest absolute Gasteiger partial charge is 0.224 e. The number of nitrogens with one attached hydrogen (secondary N) is 1. The first-order valence-electron chi connectivity index (χ1n) is 9.29. The lowest BCUT2D eigenvalue weighted by Crippen LogP contribution is -2.40. The van der Waals surface area contributed by atoms with Crippen LogP contribution in [0.1, 0.15) is 38.2 Å². The number of hydrogen-bond donors (Lipinski definition) is 1. The highest BCUT2D eigenvalue weighted by atomic mass is 16.5. The summed E-state index contributed by atoms with van der Waals surface area (Å²) < 4.78 is 10.5. The van der Waals surface area contributed by atoms with Gasteiger partial charge in [0.1, 0.15) is 11.5 Å². The van der Waals surface area contributed by atoms with Crippen molar-refractivity contribution in [2.75, 3.05) is 33.9 Å². The number of likely N-dealkylation sites (tertiary alicyclic amines) is 1. The van der Waals surface area contributed by atoms with Crippen LogP contribution in [0.2, 0.25) is 0 Å². The van der Waals surface area contributed by atoms with Crippen LogP contribution >= 0.6 is 0 Å². The van der Waals surface area contributed by atoms with E-state index < -0.39 is 0 Å². The number of nitrogens with zero attached hydrogens (tertiary/aromatic N) is 1. The summed E-state index contributed by atoms with van der Waals surface area (Å²) in [6.07, 6.45) is 3.53. The predicted octanol–water partition coefficient (Wildman–Crippen LogP) is 2.40. The first-order valence-corrected chi connectivity index (χ1v) is 9.29. The number of carbonyl (C=O) groups excluding carboxylic acids is 2. The van der Waals surface area contributed by atoms with Crippen LogP contribution in [-0.2, 0) is 16.0 Å². The third-order valence-electron chi connectivity index (χ3n) is 4.78. The van der Waals surface area contributed by atoms with Crippen LogP contribution < -0.4 is 14.8 Å². The van der Waals surface area contributed by atoms with Crippen LogP contribution in [0.3, 0.4) is 0 Å². The molecule has 1 aromatic carbocycles. The van der Waals surface area contributed by atoms with Crippen LogP contribution in [0.5, 0.6) is 11.5 Å². The molecule has 1 heterocycles. The van der Waals surface area contributed by atoms with Crippen molar-refractivity contribution in [3.05, 3.63) is 23.8 Å². The Hall–Kier alpha value is -2.24. The summed E-state index contributed by atoms with van der Waals surface area (Å²) in [6, 6.07) is 5.55. The van der Waals surface area contributed by atoms with Crippen molar-refractivity contribution in [1.29, 1.82) is 0 Å². The summed E-state index contributed by atoms with van der Waals surface area (Å²) in [5, 5.41) is 2.84. The second-order valence-electron chi connectivity index (χ2n) is 6.86. The van der Waals surface area contributed by atoms with E-state index in [1.807, 2.05) is 23.1 Å². The van der Waals surface area contributed by atoms with Crippen molar-refractivity contribution in [3.63, 3.8) is 0 Å². The fourth-order valence-electron chi connectivity index (χ4n) is 3.30. The van der Waals surface area contributed by atoms with Gasteiger partial charge in [0.05, 0.1) is 14.2 Å². The van der Waals surface area contributed by atoms with Gasteiger partial charge in [-0.15, -0.1) is 0 Å².